The van der Waals surface area contributed by atoms with Gasteiger partial charge < -0.3 is 5.32 Å². The SMILES string of the molecule is CN1C[C@H](c2cccc([N+](=O)[O-])c2)[C@H](C(=O)c2cccs2)[C@]12C(=O)Nc1ccc(Cl)cc12. The van der Waals surface area contributed by atoms with E-state index >= 15 is 0 Å². The number of ketones is 1. The molecule has 3 aromatic rings. The molecule has 1 amide bonds. The van der Waals surface area contributed by atoms with Crippen molar-refractivity contribution in [3.8, 4) is 0 Å². The van der Waals surface area contributed by atoms with E-state index in [2.05, 4.69) is 5.32 Å². The van der Waals surface area contributed by atoms with Crippen LogP contribution in [0.15, 0.2) is 60.0 Å². The van der Waals surface area contributed by atoms with Crippen LogP contribution in [0.1, 0.15) is 26.7 Å². The van der Waals surface area contributed by atoms with Gasteiger partial charge in [-0.15, -0.1) is 11.3 Å². The summed E-state index contributed by atoms with van der Waals surface area (Å²) in [4.78, 5) is 40.8. The van der Waals surface area contributed by atoms with E-state index < -0.39 is 22.3 Å². The van der Waals surface area contributed by atoms with Crippen LogP contribution in [0.3, 0.4) is 0 Å². The minimum Gasteiger partial charge on any atom is -0.324 e. The maximum absolute atomic E-state index is 13.9. The Hall–Kier alpha value is -3.07. The summed E-state index contributed by atoms with van der Waals surface area (Å²) in [7, 11) is 1.81. The molecule has 3 atom stereocenters. The fraction of sp³-hybridized carbons (Fsp3) is 0.217. The lowest BCUT2D eigenvalue weighted by Crippen LogP contribution is -2.51. The van der Waals surface area contributed by atoms with Crippen LogP contribution >= 0.6 is 22.9 Å². The number of likely N-dealkylation sites (tertiary alicyclic amines) is 1. The summed E-state index contributed by atoms with van der Waals surface area (Å²) in [5.74, 6) is -1.66. The van der Waals surface area contributed by atoms with E-state index in [1.807, 2.05) is 17.3 Å². The fourth-order valence-corrected chi connectivity index (χ4v) is 6.03. The van der Waals surface area contributed by atoms with E-state index in [1.54, 1.807) is 42.5 Å². The third-order valence-electron chi connectivity index (χ3n) is 6.47. The summed E-state index contributed by atoms with van der Waals surface area (Å²) in [5.41, 5.74) is 0.612. The molecule has 2 aliphatic rings. The summed E-state index contributed by atoms with van der Waals surface area (Å²) in [6.45, 7) is 0.377. The molecule has 2 aliphatic heterocycles. The first-order valence-corrected chi connectivity index (χ1v) is 11.2. The third kappa shape index (κ3) is 2.91. The van der Waals surface area contributed by atoms with Crippen molar-refractivity contribution in [2.75, 3.05) is 18.9 Å². The number of rotatable bonds is 4. The Bertz CT molecular complexity index is 1260. The number of anilines is 1. The highest BCUT2D eigenvalue weighted by Crippen LogP contribution is 2.56. The Morgan fingerprint density at radius 3 is 2.78 bits per heavy atom. The lowest BCUT2D eigenvalue weighted by molar-refractivity contribution is -0.384. The van der Waals surface area contributed by atoms with E-state index in [4.69, 9.17) is 11.6 Å². The molecule has 0 bridgehead atoms. The topological polar surface area (TPSA) is 92.5 Å². The predicted molar refractivity (Wildman–Crippen MR) is 122 cm³/mol. The molecule has 0 aliphatic carbocycles. The molecular formula is C23H18ClN3O4S. The third-order valence-corrected chi connectivity index (χ3v) is 7.59. The van der Waals surface area contributed by atoms with Crippen molar-refractivity contribution in [1.29, 1.82) is 0 Å². The minimum atomic E-state index is -1.27. The summed E-state index contributed by atoms with van der Waals surface area (Å²) in [6, 6.07) is 15.0. The highest BCUT2D eigenvalue weighted by atomic mass is 35.5. The van der Waals surface area contributed by atoms with Crippen molar-refractivity contribution in [3.63, 3.8) is 0 Å². The van der Waals surface area contributed by atoms with E-state index in [0.29, 0.717) is 33.3 Å². The van der Waals surface area contributed by atoms with E-state index in [0.717, 1.165) is 0 Å². The molecule has 1 aromatic heterocycles. The van der Waals surface area contributed by atoms with Gasteiger partial charge in [-0.3, -0.25) is 24.6 Å². The van der Waals surface area contributed by atoms with Crippen molar-refractivity contribution < 1.29 is 14.5 Å². The molecule has 5 rings (SSSR count). The number of benzene rings is 2. The van der Waals surface area contributed by atoms with Crippen molar-refractivity contribution >= 4 is 46.0 Å². The molecule has 7 nitrogen and oxygen atoms in total. The predicted octanol–water partition coefficient (Wildman–Crippen LogP) is 4.69. The van der Waals surface area contributed by atoms with Crippen LogP contribution in [0.25, 0.3) is 0 Å². The summed E-state index contributed by atoms with van der Waals surface area (Å²) < 4.78 is 0. The van der Waals surface area contributed by atoms with Gasteiger partial charge in [0.25, 0.3) is 5.69 Å². The highest BCUT2D eigenvalue weighted by Gasteiger charge is 2.64. The number of halogens is 1. The quantitative estimate of drug-likeness (QED) is 0.341. The number of Topliss-reactive ketones (excluding diaryl/α,β-unsaturated/α-hetero) is 1. The number of likely N-dealkylation sites (N-methyl/N-ethyl adjacent to an activating group) is 1. The van der Waals surface area contributed by atoms with Gasteiger partial charge in [-0.1, -0.05) is 29.8 Å². The molecule has 2 aromatic carbocycles. The molecule has 162 valence electrons. The van der Waals surface area contributed by atoms with Gasteiger partial charge in [0.05, 0.1) is 15.7 Å². The largest absolute Gasteiger partial charge is 0.324 e. The van der Waals surface area contributed by atoms with Crippen LogP contribution in [0, 0.1) is 16.0 Å². The number of carbonyl (C=O) groups excluding carboxylic acids is 2. The standard InChI is InChI=1S/C23H18ClN3O4S/c1-26-12-16(13-4-2-5-15(10-13)27(30)31)20(21(28)19-6-3-9-32-19)23(26)17-11-14(24)7-8-18(17)25-22(23)29/h2-11,16,20H,12H2,1H3,(H,25,29)/t16-,20-,23-/m1/s1. The van der Waals surface area contributed by atoms with Gasteiger partial charge in [0.2, 0.25) is 5.91 Å². The maximum atomic E-state index is 13.9. The fourth-order valence-electron chi connectivity index (χ4n) is 5.15. The highest BCUT2D eigenvalue weighted by molar-refractivity contribution is 7.12. The second kappa shape index (κ2) is 7.51. The van der Waals surface area contributed by atoms with Gasteiger partial charge in [0.1, 0.15) is 5.54 Å². The van der Waals surface area contributed by atoms with Crippen LogP contribution in [0.2, 0.25) is 5.02 Å². The molecule has 9 heteroatoms. The lowest BCUT2D eigenvalue weighted by Gasteiger charge is -2.35. The molecule has 1 spiro atoms. The first-order chi connectivity index (χ1) is 15.3. The van der Waals surface area contributed by atoms with Gasteiger partial charge in [0, 0.05) is 40.9 Å². The van der Waals surface area contributed by atoms with Gasteiger partial charge >= 0.3 is 0 Å². The molecule has 3 heterocycles. The zero-order valence-corrected chi connectivity index (χ0v) is 18.5. The van der Waals surface area contributed by atoms with Gasteiger partial charge in [-0.05, 0) is 42.3 Å². The summed E-state index contributed by atoms with van der Waals surface area (Å²) in [5, 5.41) is 16.6. The van der Waals surface area contributed by atoms with Crippen LogP contribution in [0.4, 0.5) is 11.4 Å². The number of nitro groups is 1. The smallest absolute Gasteiger partial charge is 0.269 e. The molecule has 1 fully saturated rings. The first kappa shape index (κ1) is 20.8. The number of carbonyl (C=O) groups is 2. The second-order valence-corrected chi connectivity index (χ2v) is 9.45. The van der Waals surface area contributed by atoms with E-state index in [-0.39, 0.29) is 17.4 Å². The molecule has 0 saturated carbocycles. The lowest BCUT2D eigenvalue weighted by atomic mass is 9.71. The molecule has 32 heavy (non-hydrogen) atoms. The number of hydrogen-bond donors (Lipinski definition) is 1. The number of hydrogen-bond acceptors (Lipinski definition) is 6. The molecular weight excluding hydrogens is 450 g/mol. The monoisotopic (exact) mass is 467 g/mol. The van der Waals surface area contributed by atoms with Crippen molar-refractivity contribution in [3.05, 3.63) is 91.1 Å². The molecule has 1 N–H and O–H groups in total. The summed E-state index contributed by atoms with van der Waals surface area (Å²) >= 11 is 7.62. The van der Waals surface area contributed by atoms with Crippen molar-refractivity contribution in [2.24, 2.45) is 5.92 Å². The molecule has 0 radical (unpaired) electrons. The zero-order chi connectivity index (χ0) is 22.6. The first-order valence-electron chi connectivity index (χ1n) is 9.99. The minimum absolute atomic E-state index is 0.0484. The average molecular weight is 468 g/mol. The Labute approximate surface area is 192 Å². The average Bonchev–Trinajstić information content (AvgIpc) is 3.47. The van der Waals surface area contributed by atoms with Crippen LogP contribution in [0.5, 0.6) is 0 Å². The number of fused-ring (bicyclic) bond motifs is 2. The molecule has 1 saturated heterocycles. The van der Waals surface area contributed by atoms with Crippen LogP contribution in [-0.4, -0.2) is 35.1 Å². The number of nitrogens with one attached hydrogen (secondary N) is 1. The van der Waals surface area contributed by atoms with E-state index in [9.17, 15) is 19.7 Å². The number of non-ortho nitro benzene ring substituents is 1. The number of amides is 1. The Morgan fingerprint density at radius 2 is 2.06 bits per heavy atom. The number of thiophene rings is 1. The number of nitro benzene ring substituents is 1. The van der Waals surface area contributed by atoms with Crippen LogP contribution < -0.4 is 5.32 Å². The normalized spacial score (nSPS) is 24.5. The van der Waals surface area contributed by atoms with Gasteiger partial charge in [0.15, 0.2) is 5.78 Å². The van der Waals surface area contributed by atoms with Gasteiger partial charge in [-0.2, -0.15) is 0 Å². The van der Waals surface area contributed by atoms with Crippen LogP contribution in [-0.2, 0) is 10.3 Å². The molecule has 0 unspecified atom stereocenters. The summed E-state index contributed by atoms with van der Waals surface area (Å²) in [6.07, 6.45) is 0. The zero-order valence-electron chi connectivity index (χ0n) is 16.9. The van der Waals surface area contributed by atoms with E-state index in [1.165, 1.54) is 23.5 Å². The van der Waals surface area contributed by atoms with Gasteiger partial charge in [-0.25, -0.2) is 0 Å². The maximum Gasteiger partial charge on any atom is 0.269 e. The van der Waals surface area contributed by atoms with Crippen molar-refractivity contribution in [2.45, 2.75) is 11.5 Å². The Morgan fingerprint density at radius 1 is 1.25 bits per heavy atom. The second-order valence-electron chi connectivity index (χ2n) is 8.07. The number of nitrogens with zero attached hydrogens (tertiary/aromatic N) is 2. The van der Waals surface area contributed by atoms with Crippen molar-refractivity contribution in [1.82, 2.24) is 4.90 Å². The Balaban J connectivity index is 1.74. The Kier molecular flexibility index (Phi) is 4.88.